The number of para-hydroxylation sites is 1. The Hall–Kier alpha value is -4.26. The predicted molar refractivity (Wildman–Crippen MR) is 123 cm³/mol. The lowest BCUT2D eigenvalue weighted by Crippen LogP contribution is -2.13. The van der Waals surface area contributed by atoms with Gasteiger partial charge in [-0.2, -0.15) is 4.98 Å². The highest BCUT2D eigenvalue weighted by atomic mass is 16.1. The van der Waals surface area contributed by atoms with Gasteiger partial charge in [0.1, 0.15) is 12.1 Å². The van der Waals surface area contributed by atoms with Crippen LogP contribution < -0.4 is 10.2 Å². The first kappa shape index (κ1) is 18.7. The Labute approximate surface area is 179 Å². The summed E-state index contributed by atoms with van der Waals surface area (Å²) in [6.07, 6.45) is 1.68. The molecule has 7 nitrogen and oxygen atoms in total. The van der Waals surface area contributed by atoms with Crippen molar-refractivity contribution in [3.8, 4) is 11.1 Å². The van der Waals surface area contributed by atoms with Crippen LogP contribution in [0.4, 0.5) is 17.2 Å². The van der Waals surface area contributed by atoms with E-state index >= 15 is 0 Å². The van der Waals surface area contributed by atoms with Gasteiger partial charge in [0.15, 0.2) is 0 Å². The summed E-state index contributed by atoms with van der Waals surface area (Å²) >= 11 is 0. The molecule has 0 saturated carbocycles. The Morgan fingerprint density at radius 2 is 1.77 bits per heavy atom. The molecule has 31 heavy (non-hydrogen) atoms. The van der Waals surface area contributed by atoms with Crippen LogP contribution in [0.15, 0.2) is 79.1 Å². The van der Waals surface area contributed by atoms with E-state index in [1.165, 1.54) is 6.92 Å². The molecule has 0 aliphatic heterocycles. The minimum atomic E-state index is -0.0826. The zero-order valence-corrected chi connectivity index (χ0v) is 17.1. The lowest BCUT2D eigenvalue weighted by Gasteiger charge is -2.21. The Morgan fingerprint density at radius 1 is 0.968 bits per heavy atom. The fourth-order valence-electron chi connectivity index (χ4n) is 3.72. The maximum atomic E-state index is 11.2. The molecule has 0 fully saturated rings. The van der Waals surface area contributed by atoms with Crippen molar-refractivity contribution in [1.82, 2.24) is 19.6 Å². The van der Waals surface area contributed by atoms with Crippen LogP contribution in [-0.2, 0) is 4.79 Å². The van der Waals surface area contributed by atoms with Gasteiger partial charge in [0.05, 0.1) is 5.52 Å². The number of hydrogen-bond donors (Lipinski definition) is 1. The Balaban J connectivity index is 1.55. The molecular formula is C24H20N6O. The molecule has 152 valence electrons. The molecule has 1 N–H and O–H groups in total. The quantitative estimate of drug-likeness (QED) is 0.468. The van der Waals surface area contributed by atoms with Crippen molar-refractivity contribution in [3.63, 3.8) is 0 Å². The molecule has 0 aliphatic rings. The second kappa shape index (κ2) is 7.53. The molecular weight excluding hydrogens is 388 g/mol. The minimum Gasteiger partial charge on any atom is -0.329 e. The van der Waals surface area contributed by atoms with Crippen molar-refractivity contribution in [3.05, 3.63) is 79.1 Å². The second-order valence-electron chi connectivity index (χ2n) is 7.32. The summed E-state index contributed by atoms with van der Waals surface area (Å²) in [6.45, 7) is 1.50. The molecule has 0 radical (unpaired) electrons. The third-order valence-electron chi connectivity index (χ3n) is 5.23. The van der Waals surface area contributed by atoms with E-state index in [2.05, 4.69) is 44.7 Å². The summed E-state index contributed by atoms with van der Waals surface area (Å²) < 4.78 is 1.89. The van der Waals surface area contributed by atoms with E-state index in [4.69, 9.17) is 4.98 Å². The first-order valence-corrected chi connectivity index (χ1v) is 9.90. The van der Waals surface area contributed by atoms with E-state index < -0.39 is 0 Å². The molecule has 0 aliphatic carbocycles. The summed E-state index contributed by atoms with van der Waals surface area (Å²) in [5.41, 5.74) is 4.93. The van der Waals surface area contributed by atoms with E-state index in [1.54, 1.807) is 6.33 Å². The zero-order chi connectivity index (χ0) is 21.4. The summed E-state index contributed by atoms with van der Waals surface area (Å²) in [5.74, 6) is 1.29. The summed E-state index contributed by atoms with van der Waals surface area (Å²) in [6, 6.07) is 24.2. The van der Waals surface area contributed by atoms with Crippen LogP contribution in [0.2, 0.25) is 0 Å². The number of nitrogens with zero attached hydrogens (tertiary/aromatic N) is 5. The molecule has 3 aromatic carbocycles. The van der Waals surface area contributed by atoms with Crippen LogP contribution in [0.1, 0.15) is 6.92 Å². The molecule has 1 amide bonds. The fraction of sp³-hybridized carbons (Fsp3) is 0.0833. The Morgan fingerprint density at radius 3 is 2.58 bits per heavy atom. The molecule has 0 atom stereocenters. The van der Waals surface area contributed by atoms with E-state index in [0.29, 0.717) is 5.78 Å². The number of carbonyl (C=O) groups excluding carboxylic acids is 1. The summed E-state index contributed by atoms with van der Waals surface area (Å²) in [7, 11) is 2.00. The van der Waals surface area contributed by atoms with Gasteiger partial charge in [-0.05, 0) is 47.5 Å². The average Bonchev–Trinajstić information content (AvgIpc) is 3.27. The van der Waals surface area contributed by atoms with E-state index in [1.807, 2.05) is 60.0 Å². The van der Waals surface area contributed by atoms with Gasteiger partial charge in [-0.1, -0.05) is 36.4 Å². The number of fused-ring (bicyclic) bond motifs is 3. The maximum absolute atomic E-state index is 11.2. The van der Waals surface area contributed by atoms with Crippen LogP contribution in [0.5, 0.6) is 0 Å². The van der Waals surface area contributed by atoms with Gasteiger partial charge in [-0.15, -0.1) is 10.2 Å². The SMILES string of the molecule is CC(=O)Nc1ccc(-c2cccc(N(C)c3nc4nncn4c4ccccc34)c2)cc1. The van der Waals surface area contributed by atoms with E-state index in [9.17, 15) is 4.79 Å². The van der Waals surface area contributed by atoms with Gasteiger partial charge in [-0.25, -0.2) is 0 Å². The van der Waals surface area contributed by atoms with Crippen molar-refractivity contribution < 1.29 is 4.79 Å². The van der Waals surface area contributed by atoms with Crippen molar-refractivity contribution in [2.45, 2.75) is 6.92 Å². The van der Waals surface area contributed by atoms with E-state index in [-0.39, 0.29) is 5.91 Å². The van der Waals surface area contributed by atoms with Gasteiger partial charge in [0.2, 0.25) is 5.91 Å². The number of aromatic nitrogens is 4. The van der Waals surface area contributed by atoms with Gasteiger partial charge < -0.3 is 10.2 Å². The Kier molecular flexibility index (Phi) is 4.55. The van der Waals surface area contributed by atoms with Gasteiger partial charge in [-0.3, -0.25) is 9.20 Å². The molecule has 0 unspecified atom stereocenters. The monoisotopic (exact) mass is 408 g/mol. The smallest absolute Gasteiger partial charge is 0.257 e. The van der Waals surface area contributed by atoms with Gasteiger partial charge >= 0.3 is 0 Å². The molecule has 0 bridgehead atoms. The number of amides is 1. The standard InChI is InChI=1S/C24H20N6O/c1-16(31)26-19-12-10-17(11-13-19)18-6-5-7-20(14-18)29(2)23-21-8-3-4-9-22(21)30-15-25-28-24(30)27-23/h3-15H,1-2H3,(H,26,31). The molecule has 2 aromatic heterocycles. The van der Waals surface area contributed by atoms with Crippen LogP contribution in [-0.4, -0.2) is 32.5 Å². The minimum absolute atomic E-state index is 0.0826. The number of nitrogens with one attached hydrogen (secondary N) is 1. The van der Waals surface area contributed by atoms with Crippen molar-refractivity contribution in [2.75, 3.05) is 17.3 Å². The van der Waals surface area contributed by atoms with Gasteiger partial charge in [0, 0.05) is 30.7 Å². The van der Waals surface area contributed by atoms with Crippen molar-refractivity contribution >= 4 is 39.8 Å². The zero-order valence-electron chi connectivity index (χ0n) is 17.1. The first-order valence-electron chi connectivity index (χ1n) is 9.90. The highest BCUT2D eigenvalue weighted by molar-refractivity contribution is 5.93. The molecule has 7 heteroatoms. The van der Waals surface area contributed by atoms with Crippen molar-refractivity contribution in [2.24, 2.45) is 0 Å². The first-order chi connectivity index (χ1) is 15.1. The average molecular weight is 408 g/mol. The molecule has 2 heterocycles. The number of rotatable bonds is 4. The highest BCUT2D eigenvalue weighted by Crippen LogP contribution is 2.32. The maximum Gasteiger partial charge on any atom is 0.257 e. The summed E-state index contributed by atoms with van der Waals surface area (Å²) in [4.78, 5) is 18.1. The highest BCUT2D eigenvalue weighted by Gasteiger charge is 2.14. The normalized spacial score (nSPS) is 11.0. The third-order valence-corrected chi connectivity index (χ3v) is 5.23. The molecule has 5 aromatic rings. The topological polar surface area (TPSA) is 75.4 Å². The molecule has 0 spiro atoms. The number of benzene rings is 3. The lowest BCUT2D eigenvalue weighted by molar-refractivity contribution is -0.114. The van der Waals surface area contributed by atoms with Crippen LogP contribution >= 0.6 is 0 Å². The predicted octanol–water partition coefficient (Wildman–Crippen LogP) is 4.67. The second-order valence-corrected chi connectivity index (χ2v) is 7.32. The number of carbonyl (C=O) groups is 1. The van der Waals surface area contributed by atoms with Crippen molar-refractivity contribution in [1.29, 1.82) is 0 Å². The number of anilines is 3. The molecule has 0 saturated heterocycles. The molecule has 5 rings (SSSR count). The lowest BCUT2D eigenvalue weighted by atomic mass is 10.0. The van der Waals surface area contributed by atoms with Crippen LogP contribution in [0.3, 0.4) is 0 Å². The number of hydrogen-bond acceptors (Lipinski definition) is 5. The third kappa shape index (κ3) is 3.46. The van der Waals surface area contributed by atoms with Crippen LogP contribution in [0.25, 0.3) is 27.8 Å². The largest absolute Gasteiger partial charge is 0.329 e. The van der Waals surface area contributed by atoms with E-state index in [0.717, 1.165) is 39.2 Å². The summed E-state index contributed by atoms with van der Waals surface area (Å²) in [5, 5.41) is 12.0. The van der Waals surface area contributed by atoms with Gasteiger partial charge in [0.25, 0.3) is 5.78 Å². The Bertz CT molecular complexity index is 1410. The fourth-order valence-corrected chi connectivity index (χ4v) is 3.72. The van der Waals surface area contributed by atoms with Crippen LogP contribution in [0, 0.1) is 0 Å².